The van der Waals surface area contributed by atoms with E-state index in [4.69, 9.17) is 14.2 Å². The molecule has 0 bridgehead atoms. The quantitative estimate of drug-likeness (QED) is 0.440. The Kier molecular flexibility index (Phi) is 10.1. The summed E-state index contributed by atoms with van der Waals surface area (Å²) < 4.78 is 16.5. The topological polar surface area (TPSA) is 92.4 Å². The van der Waals surface area contributed by atoms with Crippen LogP contribution in [-0.2, 0) is 4.74 Å². The van der Waals surface area contributed by atoms with E-state index in [0.29, 0.717) is 42.4 Å². The molecule has 2 aromatic rings. The van der Waals surface area contributed by atoms with Crippen LogP contribution in [0.25, 0.3) is 0 Å². The lowest BCUT2D eigenvalue weighted by Crippen LogP contribution is -2.43. The van der Waals surface area contributed by atoms with Crippen LogP contribution >= 0.6 is 0 Å². The molecule has 0 fully saturated rings. The van der Waals surface area contributed by atoms with Crippen molar-refractivity contribution in [3.63, 3.8) is 0 Å². The Labute approximate surface area is 213 Å². The largest absolute Gasteiger partial charge is 0.493 e. The first-order valence-electron chi connectivity index (χ1n) is 12.2. The van der Waals surface area contributed by atoms with Crippen LogP contribution in [0, 0.1) is 0 Å². The maximum atomic E-state index is 13.2. The van der Waals surface area contributed by atoms with Gasteiger partial charge in [-0.25, -0.2) is 15.2 Å². The number of hydrogen-bond donors (Lipinski definition) is 2. The lowest BCUT2D eigenvalue weighted by molar-refractivity contribution is 0.0713. The Morgan fingerprint density at radius 2 is 1.97 bits per heavy atom. The van der Waals surface area contributed by atoms with Crippen LogP contribution < -0.4 is 20.2 Å². The summed E-state index contributed by atoms with van der Waals surface area (Å²) in [7, 11) is 5.55. The summed E-state index contributed by atoms with van der Waals surface area (Å²) in [5.41, 5.74) is 5.18. The standard InChI is InChI=1S/C27H36N4O5/c1-5-16-35-25-19-20(12-13-24(25)34-4)23-11-7-15-31(29-23)26(32)21-9-6-10-22(18-21)28-27(33)36-17-8-14-30(2)3/h6-7,9-10,12-13,15,18-19,23,29H,5,8,11,14,16-17H2,1-4H3,(H,28,33). The highest BCUT2D eigenvalue weighted by Crippen LogP contribution is 2.32. The number of carbonyl (C=O) groups excluding carboxylic acids is 2. The molecule has 3 rings (SSSR count). The van der Waals surface area contributed by atoms with Crippen LogP contribution in [0.1, 0.15) is 48.1 Å². The van der Waals surface area contributed by atoms with Crippen molar-refractivity contribution < 1.29 is 23.8 Å². The summed E-state index contributed by atoms with van der Waals surface area (Å²) in [5, 5.41) is 4.15. The van der Waals surface area contributed by atoms with Crippen molar-refractivity contribution in [1.29, 1.82) is 0 Å². The molecule has 0 saturated carbocycles. The smallest absolute Gasteiger partial charge is 0.411 e. The zero-order chi connectivity index (χ0) is 25.9. The second-order valence-electron chi connectivity index (χ2n) is 8.73. The number of hydrazine groups is 1. The second kappa shape index (κ2) is 13.5. The zero-order valence-corrected chi connectivity index (χ0v) is 21.5. The number of amides is 2. The molecule has 0 radical (unpaired) electrons. The molecule has 2 aromatic carbocycles. The number of benzene rings is 2. The van der Waals surface area contributed by atoms with Gasteiger partial charge in [0.25, 0.3) is 5.91 Å². The Balaban J connectivity index is 1.63. The fourth-order valence-electron chi connectivity index (χ4n) is 3.71. The molecule has 0 aliphatic carbocycles. The van der Waals surface area contributed by atoms with Gasteiger partial charge in [-0.2, -0.15) is 0 Å². The molecule has 1 aliphatic rings. The number of methoxy groups -OCH3 is 1. The third kappa shape index (κ3) is 7.73. The molecule has 36 heavy (non-hydrogen) atoms. The normalized spacial score (nSPS) is 15.0. The van der Waals surface area contributed by atoms with Gasteiger partial charge >= 0.3 is 6.09 Å². The molecule has 0 spiro atoms. The molecule has 0 saturated heterocycles. The predicted octanol–water partition coefficient (Wildman–Crippen LogP) is 4.59. The highest BCUT2D eigenvalue weighted by molar-refractivity contribution is 5.96. The van der Waals surface area contributed by atoms with E-state index < -0.39 is 6.09 Å². The lowest BCUT2D eigenvalue weighted by atomic mass is 10.0. The second-order valence-corrected chi connectivity index (χ2v) is 8.73. The maximum Gasteiger partial charge on any atom is 0.411 e. The lowest BCUT2D eigenvalue weighted by Gasteiger charge is -2.30. The van der Waals surface area contributed by atoms with Crippen molar-refractivity contribution in [3.05, 3.63) is 65.9 Å². The monoisotopic (exact) mass is 496 g/mol. The van der Waals surface area contributed by atoms with Gasteiger partial charge in [-0.1, -0.05) is 25.1 Å². The van der Waals surface area contributed by atoms with Gasteiger partial charge in [0.2, 0.25) is 0 Å². The third-order valence-corrected chi connectivity index (χ3v) is 5.53. The van der Waals surface area contributed by atoms with Gasteiger partial charge < -0.3 is 19.1 Å². The fourth-order valence-corrected chi connectivity index (χ4v) is 3.71. The van der Waals surface area contributed by atoms with Crippen molar-refractivity contribution in [2.24, 2.45) is 0 Å². The first-order valence-corrected chi connectivity index (χ1v) is 12.2. The van der Waals surface area contributed by atoms with E-state index in [2.05, 4.69) is 10.7 Å². The van der Waals surface area contributed by atoms with Crippen molar-refractivity contribution in [3.8, 4) is 11.5 Å². The molecular formula is C27H36N4O5. The van der Waals surface area contributed by atoms with E-state index in [1.165, 1.54) is 5.01 Å². The number of hydrogen-bond acceptors (Lipinski definition) is 7. The number of rotatable bonds is 11. The van der Waals surface area contributed by atoms with Gasteiger partial charge in [0.15, 0.2) is 11.5 Å². The summed E-state index contributed by atoms with van der Waals surface area (Å²) in [6, 6.07) is 12.4. The fraction of sp³-hybridized carbons (Fsp3) is 0.407. The van der Waals surface area contributed by atoms with Gasteiger partial charge in [0.05, 0.1) is 26.4 Å². The minimum absolute atomic E-state index is 0.118. The molecule has 2 amide bonds. The molecule has 0 aromatic heterocycles. The van der Waals surface area contributed by atoms with E-state index in [-0.39, 0.29) is 11.9 Å². The Hall–Kier alpha value is -3.56. The van der Waals surface area contributed by atoms with Crippen LogP contribution in [0.3, 0.4) is 0 Å². The molecule has 9 nitrogen and oxygen atoms in total. The summed E-state index contributed by atoms with van der Waals surface area (Å²) >= 11 is 0. The molecule has 9 heteroatoms. The van der Waals surface area contributed by atoms with Crippen molar-refractivity contribution >= 4 is 17.7 Å². The van der Waals surface area contributed by atoms with Gasteiger partial charge in [-0.15, -0.1) is 0 Å². The predicted molar refractivity (Wildman–Crippen MR) is 139 cm³/mol. The van der Waals surface area contributed by atoms with Crippen LogP contribution in [0.15, 0.2) is 54.7 Å². The van der Waals surface area contributed by atoms with Gasteiger partial charge in [-0.05, 0) is 69.3 Å². The van der Waals surface area contributed by atoms with E-state index in [0.717, 1.165) is 24.9 Å². The first kappa shape index (κ1) is 27.0. The number of nitrogens with one attached hydrogen (secondary N) is 2. The summed E-state index contributed by atoms with van der Waals surface area (Å²) in [6.07, 6.45) is 5.47. The third-order valence-electron chi connectivity index (χ3n) is 5.53. The van der Waals surface area contributed by atoms with Crippen molar-refractivity contribution in [1.82, 2.24) is 15.3 Å². The number of ether oxygens (including phenoxy) is 3. The molecule has 194 valence electrons. The average Bonchev–Trinajstić information content (AvgIpc) is 2.89. The number of carbonyl (C=O) groups is 2. The van der Waals surface area contributed by atoms with Crippen LogP contribution in [0.5, 0.6) is 11.5 Å². The Bertz CT molecular complexity index is 1060. The highest BCUT2D eigenvalue weighted by atomic mass is 16.5. The highest BCUT2D eigenvalue weighted by Gasteiger charge is 2.23. The summed E-state index contributed by atoms with van der Waals surface area (Å²) in [5.74, 6) is 1.11. The minimum atomic E-state index is -0.546. The molecule has 1 aliphatic heterocycles. The van der Waals surface area contributed by atoms with E-state index in [9.17, 15) is 9.59 Å². The summed E-state index contributed by atoms with van der Waals surface area (Å²) in [4.78, 5) is 27.3. The first-order chi connectivity index (χ1) is 17.4. The van der Waals surface area contributed by atoms with Crippen LogP contribution in [0.2, 0.25) is 0 Å². The molecule has 1 heterocycles. The number of nitrogens with zero attached hydrogens (tertiary/aromatic N) is 2. The molecule has 1 unspecified atom stereocenters. The van der Waals surface area contributed by atoms with E-state index in [1.54, 1.807) is 37.6 Å². The van der Waals surface area contributed by atoms with Crippen LogP contribution in [0.4, 0.5) is 10.5 Å². The Morgan fingerprint density at radius 1 is 1.14 bits per heavy atom. The number of anilines is 1. The van der Waals surface area contributed by atoms with Crippen molar-refractivity contribution in [2.45, 2.75) is 32.2 Å². The van der Waals surface area contributed by atoms with Gasteiger partial charge in [-0.3, -0.25) is 10.1 Å². The average molecular weight is 497 g/mol. The zero-order valence-electron chi connectivity index (χ0n) is 21.5. The van der Waals surface area contributed by atoms with Gasteiger partial charge in [0.1, 0.15) is 0 Å². The van der Waals surface area contributed by atoms with Crippen molar-refractivity contribution in [2.75, 3.05) is 46.3 Å². The maximum absolute atomic E-state index is 13.2. The minimum Gasteiger partial charge on any atom is -0.493 e. The summed E-state index contributed by atoms with van der Waals surface area (Å²) in [6.45, 7) is 3.80. The van der Waals surface area contributed by atoms with Crippen LogP contribution in [-0.4, -0.2) is 62.9 Å². The molecule has 2 N–H and O–H groups in total. The molecular weight excluding hydrogens is 460 g/mol. The van der Waals surface area contributed by atoms with E-state index >= 15 is 0 Å². The molecule has 1 atom stereocenters. The van der Waals surface area contributed by atoms with Gasteiger partial charge in [0, 0.05) is 24.0 Å². The SMILES string of the molecule is CCCOc1cc(C2CC=CN(C(=O)c3cccc(NC(=O)OCCCN(C)C)c3)N2)ccc1OC. The Morgan fingerprint density at radius 3 is 2.72 bits per heavy atom. The van der Waals surface area contributed by atoms with E-state index in [1.807, 2.05) is 50.2 Å².